The molecular formula is C80H118O8. The molecule has 0 aromatic heterocycles. The molecule has 11 aliphatic carbocycles. The fourth-order valence-electron chi connectivity index (χ4n) is 22.0. The molecule has 1 aromatic rings. The van der Waals surface area contributed by atoms with E-state index in [0.29, 0.717) is 47.3 Å². The van der Waals surface area contributed by atoms with Gasteiger partial charge in [0, 0.05) is 0 Å². The highest BCUT2D eigenvalue weighted by Crippen LogP contribution is 2.66. The fourth-order valence-corrected chi connectivity index (χ4v) is 22.0. The van der Waals surface area contributed by atoms with Crippen LogP contribution in [-0.4, -0.2) is 44.3 Å². The van der Waals surface area contributed by atoms with Gasteiger partial charge in [0.1, 0.15) is 0 Å². The zero-order chi connectivity index (χ0) is 64.5. The number of carboxylic acid groups (broad SMARTS) is 4. The SMILES string of the molecule is CC(C)C1=CC2=C(CC1)C1(C)CCCC(C)(C(=O)O)C1CC2.CC(C)C1=CC2=CCC3C(C)(C(=O)O)CCCC3(C)C2CC1.CC(C)C1=CCC2C(=C1)CCC1C(C)(C(=O)O)CCCC21C.CC(C)c1ccc2c(c1)CCC1C(C)(C(=O)O)CCCC21C. The summed E-state index contributed by atoms with van der Waals surface area (Å²) in [7, 11) is 0. The van der Waals surface area contributed by atoms with Crippen LogP contribution < -0.4 is 0 Å². The second-order valence-corrected chi connectivity index (χ2v) is 33.7. The summed E-state index contributed by atoms with van der Waals surface area (Å²) in [5.74, 6) is 2.34. The maximum atomic E-state index is 11.9. The molecule has 88 heavy (non-hydrogen) atoms. The highest BCUT2D eigenvalue weighted by atomic mass is 16.4. The predicted octanol–water partition coefficient (Wildman–Crippen LogP) is 20.7. The van der Waals surface area contributed by atoms with Gasteiger partial charge in [0.25, 0.3) is 0 Å². The Morgan fingerprint density at radius 2 is 0.943 bits per heavy atom. The molecule has 0 spiro atoms. The molecule has 14 unspecified atom stereocenters. The van der Waals surface area contributed by atoms with Crippen LogP contribution >= 0.6 is 0 Å². The molecule has 0 heterocycles. The maximum absolute atomic E-state index is 11.9. The van der Waals surface area contributed by atoms with Crippen molar-refractivity contribution in [1.82, 2.24) is 0 Å². The van der Waals surface area contributed by atoms with Gasteiger partial charge in [-0.2, -0.15) is 0 Å². The number of allylic oxidation sites excluding steroid dienone is 12. The van der Waals surface area contributed by atoms with E-state index in [1.165, 1.54) is 66.4 Å². The van der Waals surface area contributed by atoms with Gasteiger partial charge in [-0.05, 0) is 270 Å². The monoisotopic (exact) mass is 1210 g/mol. The first-order chi connectivity index (χ1) is 41.1. The van der Waals surface area contributed by atoms with E-state index in [1.54, 1.807) is 27.9 Å². The van der Waals surface area contributed by atoms with Crippen LogP contribution in [0.2, 0.25) is 0 Å². The van der Waals surface area contributed by atoms with Gasteiger partial charge in [-0.3, -0.25) is 19.2 Å². The predicted molar refractivity (Wildman–Crippen MR) is 358 cm³/mol. The molecule has 0 saturated heterocycles. The molecule has 0 amide bonds. The van der Waals surface area contributed by atoms with E-state index in [2.05, 4.69) is 132 Å². The summed E-state index contributed by atoms with van der Waals surface area (Å²) in [6.45, 7) is 35.5. The largest absolute Gasteiger partial charge is 0.481 e. The minimum Gasteiger partial charge on any atom is -0.481 e. The molecule has 4 N–H and O–H groups in total. The second-order valence-electron chi connectivity index (χ2n) is 33.7. The highest BCUT2D eigenvalue weighted by molar-refractivity contribution is 5.77. The summed E-state index contributed by atoms with van der Waals surface area (Å²) in [5, 5.41) is 39.3. The Hall–Kier alpha value is -4.46. The van der Waals surface area contributed by atoms with Crippen LogP contribution in [0.15, 0.2) is 87.6 Å². The van der Waals surface area contributed by atoms with Gasteiger partial charge < -0.3 is 20.4 Å². The first-order valence-corrected chi connectivity index (χ1v) is 35.5. The van der Waals surface area contributed by atoms with Gasteiger partial charge in [-0.15, -0.1) is 0 Å². The van der Waals surface area contributed by atoms with Crippen molar-refractivity contribution in [3.05, 3.63) is 104 Å². The van der Waals surface area contributed by atoms with Crippen molar-refractivity contribution in [3.8, 4) is 0 Å². The first kappa shape index (κ1) is 67.9. The van der Waals surface area contributed by atoms with Gasteiger partial charge in [0.15, 0.2) is 0 Å². The Morgan fingerprint density at radius 3 is 1.50 bits per heavy atom. The van der Waals surface area contributed by atoms with E-state index >= 15 is 0 Å². The third-order valence-electron chi connectivity index (χ3n) is 27.6. The molecule has 0 bridgehead atoms. The van der Waals surface area contributed by atoms with Crippen LogP contribution in [0.5, 0.6) is 0 Å². The summed E-state index contributed by atoms with van der Waals surface area (Å²) in [4.78, 5) is 47.8. The lowest BCUT2D eigenvalue weighted by molar-refractivity contribution is -0.164. The van der Waals surface area contributed by atoms with Crippen molar-refractivity contribution in [1.29, 1.82) is 0 Å². The summed E-state index contributed by atoms with van der Waals surface area (Å²) >= 11 is 0. The number of hydrogen-bond acceptors (Lipinski definition) is 4. The highest BCUT2D eigenvalue weighted by Gasteiger charge is 2.61. The van der Waals surface area contributed by atoms with Crippen molar-refractivity contribution in [2.45, 2.75) is 276 Å². The Balaban J connectivity index is 0.000000140. The normalized spacial score (nSPS) is 38.8. The fraction of sp³-hybridized carbons (Fsp3) is 0.725. The zero-order valence-electron chi connectivity index (χ0n) is 57.8. The van der Waals surface area contributed by atoms with Crippen LogP contribution in [0, 0.1) is 91.2 Å². The molecule has 0 aliphatic heterocycles. The Bertz CT molecular complexity index is 3020. The number of carbonyl (C=O) groups is 4. The second kappa shape index (κ2) is 25.2. The number of aryl methyl sites for hydroxylation is 1. The van der Waals surface area contributed by atoms with Gasteiger partial charge in [0.05, 0.1) is 21.7 Å². The molecule has 486 valence electrons. The number of carboxylic acids is 4. The Kier molecular flexibility index (Phi) is 19.5. The van der Waals surface area contributed by atoms with Crippen LogP contribution in [0.3, 0.4) is 0 Å². The van der Waals surface area contributed by atoms with Gasteiger partial charge in [0.2, 0.25) is 0 Å². The van der Waals surface area contributed by atoms with Gasteiger partial charge >= 0.3 is 23.9 Å². The van der Waals surface area contributed by atoms with E-state index in [-0.39, 0.29) is 33.5 Å². The van der Waals surface area contributed by atoms with E-state index in [1.807, 2.05) is 27.7 Å². The molecule has 8 heteroatoms. The number of aliphatic carboxylic acids is 4. The summed E-state index contributed by atoms with van der Waals surface area (Å²) in [6, 6.07) is 6.92. The topological polar surface area (TPSA) is 149 Å². The lowest BCUT2D eigenvalue weighted by Crippen LogP contribution is -2.53. The van der Waals surface area contributed by atoms with Gasteiger partial charge in [-0.25, -0.2) is 0 Å². The molecule has 8 nitrogen and oxygen atoms in total. The van der Waals surface area contributed by atoms with Crippen molar-refractivity contribution in [2.75, 3.05) is 0 Å². The molecule has 12 rings (SSSR count). The number of rotatable bonds is 8. The van der Waals surface area contributed by atoms with Crippen LogP contribution in [0.25, 0.3) is 0 Å². The van der Waals surface area contributed by atoms with E-state index in [4.69, 9.17) is 0 Å². The molecule has 5 fully saturated rings. The van der Waals surface area contributed by atoms with Crippen molar-refractivity contribution >= 4 is 23.9 Å². The average molecular weight is 1210 g/mol. The maximum Gasteiger partial charge on any atom is 0.309 e. The number of hydrogen-bond donors (Lipinski definition) is 4. The smallest absolute Gasteiger partial charge is 0.309 e. The van der Waals surface area contributed by atoms with E-state index in [0.717, 1.165) is 116 Å². The third kappa shape index (κ3) is 11.8. The first-order valence-electron chi connectivity index (χ1n) is 35.5. The van der Waals surface area contributed by atoms with E-state index in [9.17, 15) is 39.6 Å². The zero-order valence-corrected chi connectivity index (χ0v) is 57.8. The molecule has 5 saturated carbocycles. The minimum absolute atomic E-state index is 0.0223. The Morgan fingerprint density at radius 1 is 0.443 bits per heavy atom. The van der Waals surface area contributed by atoms with Crippen molar-refractivity contribution < 1.29 is 39.6 Å². The lowest BCUT2D eigenvalue weighted by atomic mass is 9.46. The number of fused-ring (bicyclic) bond motifs is 11. The van der Waals surface area contributed by atoms with Crippen molar-refractivity contribution in [2.24, 2.45) is 91.2 Å². The lowest BCUT2D eigenvalue weighted by Gasteiger charge is -2.57. The summed E-state index contributed by atoms with van der Waals surface area (Å²) in [5.41, 5.74) is 13.4. The van der Waals surface area contributed by atoms with E-state index < -0.39 is 45.5 Å². The molecule has 14 atom stereocenters. The average Bonchev–Trinajstić information content (AvgIpc) is 1.09. The molecule has 0 radical (unpaired) electrons. The molecular weight excluding hydrogens is 1090 g/mol. The van der Waals surface area contributed by atoms with Gasteiger partial charge in [-0.1, -0.05) is 180 Å². The summed E-state index contributed by atoms with van der Waals surface area (Å²) in [6.07, 6.45) is 37.4. The van der Waals surface area contributed by atoms with Crippen LogP contribution in [0.1, 0.15) is 281 Å². The van der Waals surface area contributed by atoms with Crippen LogP contribution in [-0.2, 0) is 31.0 Å². The van der Waals surface area contributed by atoms with Crippen LogP contribution in [0.4, 0.5) is 0 Å². The molecule has 1 aromatic carbocycles. The Labute approximate surface area is 532 Å². The van der Waals surface area contributed by atoms with Crippen molar-refractivity contribution in [3.63, 3.8) is 0 Å². The third-order valence-corrected chi connectivity index (χ3v) is 27.6. The minimum atomic E-state index is -0.606. The summed E-state index contributed by atoms with van der Waals surface area (Å²) < 4.78 is 0. The molecule has 11 aliphatic rings. The quantitative estimate of drug-likeness (QED) is 0.201. The standard InChI is InChI=1S/3C20H30O2.C20H28O2/c4*1-13(2)14-6-8-16-15(12-14)7-9-17-19(16,3)10-5-11-20(17,4)18(21)22/h12-13,17H,5-11H2,1-4H3,(H,21,22);7,12-13,16-17H,5-6,8-11H2,1-4H3,(H,21,22);6,12-13,16-17H,5,7-11H2,1-4H3,(H,21,22);6,8,12-13,17H,5,7,9-11H2,1-4H3,(H,21,22). The number of benzene rings is 1.